The van der Waals surface area contributed by atoms with Crippen LogP contribution in [-0.4, -0.2) is 27.5 Å². The summed E-state index contributed by atoms with van der Waals surface area (Å²) in [5.41, 5.74) is 0. The van der Waals surface area contributed by atoms with Crippen LogP contribution < -0.4 is 10.0 Å². The van der Waals surface area contributed by atoms with Gasteiger partial charge in [-0.25, -0.2) is 13.1 Å². The molecule has 1 aliphatic heterocycles. The zero-order valence-corrected chi connectivity index (χ0v) is 14.8. The number of thiophene rings is 1. The van der Waals surface area contributed by atoms with E-state index >= 15 is 0 Å². The summed E-state index contributed by atoms with van der Waals surface area (Å²) in [6.45, 7) is 5.62. The molecule has 4 nitrogen and oxygen atoms in total. The Hall–Kier alpha value is 0.340. The second-order valence-corrected chi connectivity index (χ2v) is 8.99. The van der Waals surface area contributed by atoms with Gasteiger partial charge in [0.2, 0.25) is 10.0 Å². The molecule has 19 heavy (non-hydrogen) atoms. The molecule has 0 radical (unpaired) electrons. The molecule has 0 aromatic carbocycles. The number of sulfonamides is 1. The van der Waals surface area contributed by atoms with Crippen molar-refractivity contribution < 1.29 is 8.42 Å². The van der Waals surface area contributed by atoms with Crippen LogP contribution in [0.5, 0.6) is 0 Å². The molecule has 2 atom stereocenters. The van der Waals surface area contributed by atoms with Gasteiger partial charge >= 0.3 is 0 Å². The number of rotatable bonds is 3. The first-order valence-electron chi connectivity index (χ1n) is 5.89. The van der Waals surface area contributed by atoms with Crippen molar-refractivity contribution in [1.29, 1.82) is 0 Å². The molecule has 2 unspecified atom stereocenters. The molecule has 2 heterocycles. The van der Waals surface area contributed by atoms with Gasteiger partial charge in [0.1, 0.15) is 0 Å². The summed E-state index contributed by atoms with van der Waals surface area (Å²) in [5, 5.41) is 3.27. The van der Waals surface area contributed by atoms with E-state index in [2.05, 4.69) is 32.9 Å². The molecule has 1 aliphatic rings. The van der Waals surface area contributed by atoms with Gasteiger partial charge in [-0.05, 0) is 54.3 Å². The van der Waals surface area contributed by atoms with Crippen molar-refractivity contribution in [3.05, 3.63) is 14.7 Å². The second kappa shape index (κ2) is 6.87. The van der Waals surface area contributed by atoms with Gasteiger partial charge < -0.3 is 5.32 Å². The lowest BCUT2D eigenvalue weighted by Gasteiger charge is -2.29. The van der Waals surface area contributed by atoms with Crippen molar-refractivity contribution in [3.63, 3.8) is 0 Å². The average molecular weight is 390 g/mol. The molecule has 110 valence electrons. The molecule has 1 aromatic heterocycles. The van der Waals surface area contributed by atoms with Crippen molar-refractivity contribution in [3.8, 4) is 0 Å². The number of aryl methyl sites for hydroxylation is 1. The number of nitrogens with one attached hydrogen (secondary N) is 2. The van der Waals surface area contributed by atoms with E-state index in [0.717, 1.165) is 28.2 Å². The van der Waals surface area contributed by atoms with Crippen LogP contribution in [-0.2, 0) is 10.0 Å². The van der Waals surface area contributed by atoms with Crippen molar-refractivity contribution in [2.45, 2.75) is 31.2 Å². The van der Waals surface area contributed by atoms with Crippen LogP contribution in [0.3, 0.4) is 0 Å². The largest absolute Gasteiger partial charge is 0.316 e. The Morgan fingerprint density at radius 1 is 1.53 bits per heavy atom. The number of halogens is 2. The Balaban J connectivity index is 0.00000180. The predicted octanol–water partition coefficient (Wildman–Crippen LogP) is 2.52. The minimum atomic E-state index is -3.40. The van der Waals surface area contributed by atoms with E-state index in [9.17, 15) is 8.42 Å². The van der Waals surface area contributed by atoms with Gasteiger partial charge in [-0.1, -0.05) is 6.92 Å². The summed E-state index contributed by atoms with van der Waals surface area (Å²) < 4.78 is 28.3. The zero-order valence-electron chi connectivity index (χ0n) is 10.8. The lowest BCUT2D eigenvalue weighted by molar-refractivity contribution is 0.328. The van der Waals surface area contributed by atoms with E-state index < -0.39 is 10.0 Å². The Morgan fingerprint density at radius 3 is 2.74 bits per heavy atom. The summed E-state index contributed by atoms with van der Waals surface area (Å²) in [5.74, 6) is 0.316. The molecule has 1 aromatic rings. The summed E-state index contributed by atoms with van der Waals surface area (Å²) in [4.78, 5) is 1.21. The van der Waals surface area contributed by atoms with Crippen LogP contribution in [0.4, 0.5) is 0 Å². The molecular formula is C11H18BrClN2O2S2. The van der Waals surface area contributed by atoms with E-state index in [0.29, 0.717) is 10.8 Å². The highest BCUT2D eigenvalue weighted by atomic mass is 79.9. The Labute approximate surface area is 133 Å². The summed E-state index contributed by atoms with van der Waals surface area (Å²) in [6.07, 6.45) is 0.838. The van der Waals surface area contributed by atoms with Crippen LogP contribution in [0, 0.1) is 12.8 Å². The average Bonchev–Trinajstić information content (AvgIpc) is 2.62. The fraction of sp³-hybridized carbons (Fsp3) is 0.636. The van der Waals surface area contributed by atoms with E-state index in [4.69, 9.17) is 0 Å². The molecule has 0 bridgehead atoms. The van der Waals surface area contributed by atoms with Gasteiger partial charge in [-0.15, -0.1) is 23.7 Å². The molecule has 0 saturated carbocycles. The number of hydrogen-bond acceptors (Lipinski definition) is 4. The van der Waals surface area contributed by atoms with Gasteiger partial charge in [0.15, 0.2) is 0 Å². The predicted molar refractivity (Wildman–Crippen MR) is 84.8 cm³/mol. The first-order chi connectivity index (χ1) is 8.40. The highest BCUT2D eigenvalue weighted by molar-refractivity contribution is 9.11. The third-order valence-electron chi connectivity index (χ3n) is 3.22. The Kier molecular flexibility index (Phi) is 6.28. The van der Waals surface area contributed by atoms with Gasteiger partial charge in [0.05, 0.1) is 8.68 Å². The van der Waals surface area contributed by atoms with E-state index in [1.807, 2.05) is 6.92 Å². The molecular weight excluding hydrogens is 372 g/mol. The Morgan fingerprint density at radius 2 is 2.21 bits per heavy atom. The van der Waals surface area contributed by atoms with Gasteiger partial charge in [0.25, 0.3) is 0 Å². The molecule has 1 saturated heterocycles. The van der Waals surface area contributed by atoms with Crippen LogP contribution in [0.2, 0.25) is 0 Å². The maximum Gasteiger partial charge on any atom is 0.241 e. The topological polar surface area (TPSA) is 58.2 Å². The fourth-order valence-corrected chi connectivity index (χ4v) is 5.94. The smallest absolute Gasteiger partial charge is 0.241 e. The minimum absolute atomic E-state index is 0. The molecule has 0 aliphatic carbocycles. The molecule has 2 rings (SSSR count). The highest BCUT2D eigenvalue weighted by Crippen LogP contribution is 2.30. The van der Waals surface area contributed by atoms with Crippen LogP contribution in [0.15, 0.2) is 14.7 Å². The first kappa shape index (κ1) is 17.4. The third-order valence-corrected chi connectivity index (χ3v) is 6.52. The van der Waals surface area contributed by atoms with Gasteiger partial charge in [0, 0.05) is 10.9 Å². The van der Waals surface area contributed by atoms with E-state index in [1.54, 1.807) is 6.07 Å². The van der Waals surface area contributed by atoms with Crippen LogP contribution in [0.25, 0.3) is 0 Å². The van der Waals surface area contributed by atoms with Gasteiger partial charge in [-0.3, -0.25) is 0 Å². The fourth-order valence-electron chi connectivity index (χ4n) is 2.15. The Bertz CT molecular complexity index is 533. The molecule has 0 spiro atoms. The van der Waals surface area contributed by atoms with Crippen molar-refractivity contribution in [1.82, 2.24) is 10.0 Å². The molecule has 1 fully saturated rings. The minimum Gasteiger partial charge on any atom is -0.316 e. The second-order valence-electron chi connectivity index (χ2n) is 4.67. The number of piperidine rings is 1. The molecule has 0 amide bonds. The van der Waals surface area contributed by atoms with Crippen LogP contribution in [0.1, 0.15) is 18.2 Å². The first-order valence-corrected chi connectivity index (χ1v) is 8.98. The van der Waals surface area contributed by atoms with Crippen molar-refractivity contribution >= 4 is 49.7 Å². The lowest BCUT2D eigenvalue weighted by atomic mass is 9.97. The summed E-state index contributed by atoms with van der Waals surface area (Å²) >= 11 is 4.77. The quantitative estimate of drug-likeness (QED) is 0.835. The lowest BCUT2D eigenvalue weighted by Crippen LogP contribution is -2.48. The van der Waals surface area contributed by atoms with Crippen molar-refractivity contribution in [2.75, 3.05) is 13.1 Å². The molecule has 8 heteroatoms. The monoisotopic (exact) mass is 388 g/mol. The maximum atomic E-state index is 12.3. The normalized spacial score (nSPS) is 23.9. The molecule has 2 N–H and O–H groups in total. The summed E-state index contributed by atoms with van der Waals surface area (Å²) in [7, 11) is -3.40. The number of hydrogen-bond donors (Lipinski definition) is 2. The van der Waals surface area contributed by atoms with Gasteiger partial charge in [-0.2, -0.15) is 0 Å². The summed E-state index contributed by atoms with van der Waals surface area (Å²) in [6, 6.07) is 1.70. The standard InChI is InChI=1S/C11H17BrN2O2S2.ClH/c1-7-6-13-4-3-9(7)14-18(15,16)10-5-11(12)17-8(10)2;/h5,7,9,13-14H,3-4,6H2,1-2H3;1H. The van der Waals surface area contributed by atoms with E-state index in [-0.39, 0.29) is 18.4 Å². The third kappa shape index (κ3) is 4.15. The maximum absolute atomic E-state index is 12.3. The van der Waals surface area contributed by atoms with Crippen molar-refractivity contribution in [2.24, 2.45) is 5.92 Å². The SMILES string of the molecule is Cc1sc(Br)cc1S(=O)(=O)NC1CCNCC1C.Cl. The highest BCUT2D eigenvalue weighted by Gasteiger charge is 2.28. The van der Waals surface area contributed by atoms with E-state index in [1.165, 1.54) is 11.3 Å². The zero-order chi connectivity index (χ0) is 13.3. The van der Waals surface area contributed by atoms with Crippen LogP contribution >= 0.6 is 39.7 Å².